The summed E-state index contributed by atoms with van der Waals surface area (Å²) in [4.78, 5) is 0. The number of aromatic hydroxyl groups is 1. The molecule has 0 aliphatic rings. The molecule has 0 aliphatic carbocycles. The maximum atomic E-state index is 9.81. The van der Waals surface area contributed by atoms with Crippen LogP contribution in [0.1, 0.15) is 25.5 Å². The highest BCUT2D eigenvalue weighted by atomic mass is 35.5. The smallest absolute Gasteiger partial charge is 0.140 e. The normalized spacial score (nSPS) is 11.8. The van der Waals surface area contributed by atoms with E-state index in [4.69, 9.17) is 23.2 Å². The highest BCUT2D eigenvalue weighted by Crippen LogP contribution is 2.36. The van der Waals surface area contributed by atoms with Crippen molar-refractivity contribution in [1.82, 2.24) is 5.32 Å². The van der Waals surface area contributed by atoms with Gasteiger partial charge in [0.05, 0.1) is 11.6 Å². The van der Waals surface area contributed by atoms with Gasteiger partial charge in [0.2, 0.25) is 0 Å². The lowest BCUT2D eigenvalue weighted by molar-refractivity contribution is 0.456. The van der Waals surface area contributed by atoms with Gasteiger partial charge in [0.25, 0.3) is 0 Å². The Hall–Kier alpha value is -0.880. The van der Waals surface area contributed by atoms with E-state index in [-0.39, 0.29) is 16.8 Å². The Kier molecular flexibility index (Phi) is 4.95. The van der Waals surface area contributed by atoms with Gasteiger partial charge >= 0.3 is 0 Å². The number of phenolic OH excluding ortho intramolecular Hbond substituents is 1. The SMILES string of the molecule is CC#CCNC(C)c1ccc(Cl)c(Cl)c1O. The molecule has 4 heteroatoms. The first-order valence-corrected chi connectivity index (χ1v) is 5.63. The van der Waals surface area contributed by atoms with E-state index in [1.54, 1.807) is 19.1 Å². The van der Waals surface area contributed by atoms with Crippen molar-refractivity contribution in [2.75, 3.05) is 6.54 Å². The lowest BCUT2D eigenvalue weighted by atomic mass is 10.1. The quantitative estimate of drug-likeness (QED) is 0.814. The largest absolute Gasteiger partial charge is 0.506 e. The lowest BCUT2D eigenvalue weighted by Gasteiger charge is -2.15. The third-order valence-electron chi connectivity index (χ3n) is 2.24. The van der Waals surface area contributed by atoms with Gasteiger partial charge in [-0.15, -0.1) is 5.92 Å². The van der Waals surface area contributed by atoms with E-state index in [1.807, 2.05) is 6.92 Å². The molecule has 1 aromatic carbocycles. The molecular weight excluding hydrogens is 245 g/mol. The summed E-state index contributed by atoms with van der Waals surface area (Å²) in [5.74, 6) is 5.71. The van der Waals surface area contributed by atoms with Crippen molar-refractivity contribution in [3.8, 4) is 17.6 Å². The van der Waals surface area contributed by atoms with Crippen LogP contribution in [-0.4, -0.2) is 11.7 Å². The standard InChI is InChI=1S/C12H13Cl2NO/c1-3-4-7-15-8(2)9-5-6-10(13)11(14)12(9)16/h5-6,8,15-16H,7H2,1-2H3. The van der Waals surface area contributed by atoms with Crippen molar-refractivity contribution in [3.63, 3.8) is 0 Å². The molecule has 0 saturated carbocycles. The molecule has 0 aromatic heterocycles. The first-order chi connectivity index (χ1) is 7.57. The fourth-order valence-corrected chi connectivity index (χ4v) is 1.63. The Morgan fingerprint density at radius 3 is 2.75 bits per heavy atom. The van der Waals surface area contributed by atoms with Gasteiger partial charge in [-0.25, -0.2) is 0 Å². The van der Waals surface area contributed by atoms with Crippen LogP contribution in [-0.2, 0) is 0 Å². The van der Waals surface area contributed by atoms with Crippen LogP contribution in [0, 0.1) is 11.8 Å². The minimum Gasteiger partial charge on any atom is -0.506 e. The van der Waals surface area contributed by atoms with E-state index in [2.05, 4.69) is 17.2 Å². The average molecular weight is 258 g/mol. The highest BCUT2D eigenvalue weighted by Gasteiger charge is 2.14. The Morgan fingerprint density at radius 2 is 2.12 bits per heavy atom. The van der Waals surface area contributed by atoms with Gasteiger partial charge in [0.15, 0.2) is 0 Å². The van der Waals surface area contributed by atoms with E-state index < -0.39 is 0 Å². The summed E-state index contributed by atoms with van der Waals surface area (Å²) >= 11 is 11.6. The van der Waals surface area contributed by atoms with E-state index in [1.165, 1.54) is 0 Å². The van der Waals surface area contributed by atoms with E-state index >= 15 is 0 Å². The van der Waals surface area contributed by atoms with Gasteiger partial charge in [-0.1, -0.05) is 35.2 Å². The predicted molar refractivity (Wildman–Crippen MR) is 68.0 cm³/mol. The van der Waals surface area contributed by atoms with Gasteiger partial charge < -0.3 is 5.11 Å². The van der Waals surface area contributed by atoms with Crippen LogP contribution >= 0.6 is 23.2 Å². The second-order valence-corrected chi connectivity index (χ2v) is 4.11. The van der Waals surface area contributed by atoms with Crippen molar-refractivity contribution in [1.29, 1.82) is 0 Å². The number of hydrogen-bond donors (Lipinski definition) is 2. The zero-order chi connectivity index (χ0) is 12.1. The number of benzene rings is 1. The molecule has 0 fully saturated rings. The molecular formula is C12H13Cl2NO. The summed E-state index contributed by atoms with van der Waals surface area (Å²) < 4.78 is 0. The first kappa shape index (κ1) is 13.2. The molecule has 16 heavy (non-hydrogen) atoms. The predicted octanol–water partition coefficient (Wildman–Crippen LogP) is 3.37. The van der Waals surface area contributed by atoms with Crippen molar-refractivity contribution >= 4 is 23.2 Å². The molecule has 1 unspecified atom stereocenters. The fourth-order valence-electron chi connectivity index (χ4n) is 1.31. The molecule has 1 rings (SSSR count). The summed E-state index contributed by atoms with van der Waals surface area (Å²) in [5.41, 5.74) is 0.715. The van der Waals surface area contributed by atoms with Gasteiger partial charge in [0, 0.05) is 11.6 Å². The van der Waals surface area contributed by atoms with Crippen LogP contribution in [0.3, 0.4) is 0 Å². The monoisotopic (exact) mass is 257 g/mol. The molecule has 0 heterocycles. The van der Waals surface area contributed by atoms with Crippen LogP contribution in [0.2, 0.25) is 10.0 Å². The Balaban J connectivity index is 2.86. The molecule has 0 aliphatic heterocycles. The number of hydrogen-bond acceptors (Lipinski definition) is 2. The molecule has 86 valence electrons. The maximum Gasteiger partial charge on any atom is 0.140 e. The summed E-state index contributed by atoms with van der Waals surface area (Å²) in [7, 11) is 0. The first-order valence-electron chi connectivity index (χ1n) is 4.87. The molecule has 0 radical (unpaired) electrons. The zero-order valence-corrected chi connectivity index (χ0v) is 10.7. The summed E-state index contributed by atoms with van der Waals surface area (Å²) in [6.07, 6.45) is 0. The van der Waals surface area contributed by atoms with Crippen LogP contribution < -0.4 is 5.32 Å². The van der Waals surface area contributed by atoms with Crippen LogP contribution in [0.5, 0.6) is 5.75 Å². The Bertz CT molecular complexity index is 435. The zero-order valence-electron chi connectivity index (χ0n) is 9.14. The number of nitrogens with one attached hydrogen (secondary N) is 1. The third-order valence-corrected chi connectivity index (χ3v) is 3.03. The van der Waals surface area contributed by atoms with E-state index in [0.29, 0.717) is 17.1 Å². The summed E-state index contributed by atoms with van der Waals surface area (Å²) in [6.45, 7) is 4.27. The lowest BCUT2D eigenvalue weighted by Crippen LogP contribution is -2.18. The van der Waals surface area contributed by atoms with Crippen LogP contribution in [0.4, 0.5) is 0 Å². The average Bonchev–Trinajstić information content (AvgIpc) is 2.26. The molecule has 0 amide bonds. The number of halogens is 2. The van der Waals surface area contributed by atoms with Crippen LogP contribution in [0.25, 0.3) is 0 Å². The van der Waals surface area contributed by atoms with E-state index in [9.17, 15) is 5.11 Å². The molecule has 0 spiro atoms. The van der Waals surface area contributed by atoms with Crippen molar-refractivity contribution < 1.29 is 5.11 Å². The Morgan fingerprint density at radius 1 is 1.44 bits per heavy atom. The third kappa shape index (κ3) is 3.05. The minimum absolute atomic E-state index is 0.0265. The molecule has 1 aromatic rings. The maximum absolute atomic E-state index is 9.81. The number of rotatable bonds is 3. The molecule has 2 N–H and O–H groups in total. The second-order valence-electron chi connectivity index (χ2n) is 3.33. The van der Waals surface area contributed by atoms with Crippen molar-refractivity contribution in [2.45, 2.75) is 19.9 Å². The van der Waals surface area contributed by atoms with Crippen molar-refractivity contribution in [3.05, 3.63) is 27.7 Å². The van der Waals surface area contributed by atoms with Gasteiger partial charge in [0.1, 0.15) is 10.8 Å². The highest BCUT2D eigenvalue weighted by molar-refractivity contribution is 6.43. The summed E-state index contributed by atoms with van der Waals surface area (Å²) in [5, 5.41) is 13.5. The minimum atomic E-state index is -0.0318. The molecule has 1 atom stereocenters. The van der Waals surface area contributed by atoms with Gasteiger partial charge in [-0.3, -0.25) is 5.32 Å². The molecule has 2 nitrogen and oxygen atoms in total. The fraction of sp³-hybridized carbons (Fsp3) is 0.333. The Labute approximate surface area is 106 Å². The topological polar surface area (TPSA) is 32.3 Å². The summed E-state index contributed by atoms with van der Waals surface area (Å²) in [6, 6.07) is 3.39. The van der Waals surface area contributed by atoms with Gasteiger partial charge in [-0.05, 0) is 19.9 Å². The number of phenols is 1. The molecule has 0 saturated heterocycles. The molecule has 0 bridgehead atoms. The van der Waals surface area contributed by atoms with Gasteiger partial charge in [-0.2, -0.15) is 0 Å². The second kappa shape index (κ2) is 6.00. The van der Waals surface area contributed by atoms with E-state index in [0.717, 1.165) is 0 Å². The van der Waals surface area contributed by atoms with Crippen molar-refractivity contribution in [2.24, 2.45) is 0 Å². The van der Waals surface area contributed by atoms with Crippen LogP contribution in [0.15, 0.2) is 12.1 Å².